The number of fused-ring (bicyclic) bond motifs is 1. The first-order valence-electron chi connectivity index (χ1n) is 10.0. The Balaban J connectivity index is 1.72. The van der Waals surface area contributed by atoms with Gasteiger partial charge in [-0.3, -0.25) is 14.2 Å². The Labute approximate surface area is 175 Å². The number of amides is 1. The molecule has 0 aliphatic carbocycles. The number of rotatable bonds is 8. The predicted octanol–water partition coefficient (Wildman–Crippen LogP) is 4.21. The van der Waals surface area contributed by atoms with E-state index >= 15 is 0 Å². The number of para-hydroxylation sites is 1. The van der Waals surface area contributed by atoms with Gasteiger partial charge in [0, 0.05) is 19.0 Å². The lowest BCUT2D eigenvalue weighted by Crippen LogP contribution is -2.34. The zero-order valence-electron chi connectivity index (χ0n) is 17.1. The molecule has 0 bridgehead atoms. The third-order valence-corrected chi connectivity index (χ3v) is 6.17. The number of nitrogens with zero attached hydrogens (tertiary/aromatic N) is 2. The van der Waals surface area contributed by atoms with E-state index in [9.17, 15) is 9.59 Å². The lowest BCUT2D eigenvalue weighted by Gasteiger charge is -2.19. The van der Waals surface area contributed by atoms with Gasteiger partial charge in [-0.1, -0.05) is 61.2 Å². The van der Waals surface area contributed by atoms with Gasteiger partial charge in [-0.2, -0.15) is 0 Å². The van der Waals surface area contributed by atoms with Crippen LogP contribution in [0, 0.1) is 0 Å². The average Bonchev–Trinajstić information content (AvgIpc) is 2.75. The molecule has 3 rings (SSSR count). The molecule has 2 atom stereocenters. The van der Waals surface area contributed by atoms with E-state index in [2.05, 4.69) is 29.4 Å². The van der Waals surface area contributed by atoms with Crippen molar-refractivity contribution in [1.82, 2.24) is 14.9 Å². The SMILES string of the molecule is CC[C@H](CNC(=O)[C@H](C)Sc1nc2ccccc2c(=O)n1CC)c1ccccc1. The summed E-state index contributed by atoms with van der Waals surface area (Å²) in [5.41, 5.74) is 1.82. The first-order valence-corrected chi connectivity index (χ1v) is 10.9. The van der Waals surface area contributed by atoms with Gasteiger partial charge in [0.05, 0.1) is 16.2 Å². The van der Waals surface area contributed by atoms with Crippen LogP contribution in [-0.2, 0) is 11.3 Å². The zero-order valence-corrected chi connectivity index (χ0v) is 17.9. The van der Waals surface area contributed by atoms with Crippen molar-refractivity contribution in [3.8, 4) is 0 Å². The molecule has 0 spiro atoms. The summed E-state index contributed by atoms with van der Waals surface area (Å²) in [6.45, 7) is 7.00. The summed E-state index contributed by atoms with van der Waals surface area (Å²) in [7, 11) is 0. The molecule has 1 N–H and O–H groups in total. The summed E-state index contributed by atoms with van der Waals surface area (Å²) in [5.74, 6) is 0.236. The minimum absolute atomic E-state index is 0.0468. The second-order valence-corrected chi connectivity index (χ2v) is 8.29. The van der Waals surface area contributed by atoms with Crippen LogP contribution >= 0.6 is 11.8 Å². The second-order valence-electron chi connectivity index (χ2n) is 6.98. The molecule has 0 aliphatic rings. The van der Waals surface area contributed by atoms with E-state index in [1.165, 1.54) is 17.3 Å². The van der Waals surface area contributed by atoms with E-state index in [0.29, 0.717) is 29.1 Å². The van der Waals surface area contributed by atoms with Crippen LogP contribution in [0.5, 0.6) is 0 Å². The van der Waals surface area contributed by atoms with Crippen molar-refractivity contribution in [1.29, 1.82) is 0 Å². The smallest absolute Gasteiger partial charge is 0.262 e. The maximum Gasteiger partial charge on any atom is 0.262 e. The van der Waals surface area contributed by atoms with Crippen LogP contribution in [-0.4, -0.2) is 27.3 Å². The zero-order chi connectivity index (χ0) is 20.8. The number of hydrogen-bond acceptors (Lipinski definition) is 4. The van der Waals surface area contributed by atoms with Crippen LogP contribution in [0.15, 0.2) is 64.5 Å². The van der Waals surface area contributed by atoms with Gasteiger partial charge in [-0.25, -0.2) is 4.98 Å². The Kier molecular flexibility index (Phi) is 7.09. The fraction of sp³-hybridized carbons (Fsp3) is 0.348. The lowest BCUT2D eigenvalue weighted by atomic mass is 9.96. The van der Waals surface area contributed by atoms with E-state index in [1.54, 1.807) is 10.6 Å². The van der Waals surface area contributed by atoms with Crippen LogP contribution in [0.4, 0.5) is 0 Å². The molecule has 29 heavy (non-hydrogen) atoms. The van der Waals surface area contributed by atoms with Crippen LogP contribution in [0.1, 0.15) is 38.7 Å². The van der Waals surface area contributed by atoms with E-state index in [-0.39, 0.29) is 22.6 Å². The van der Waals surface area contributed by atoms with Gasteiger partial charge in [0.1, 0.15) is 0 Å². The topological polar surface area (TPSA) is 64.0 Å². The molecule has 0 radical (unpaired) electrons. The average molecular weight is 410 g/mol. The molecular weight excluding hydrogens is 382 g/mol. The van der Waals surface area contributed by atoms with Gasteiger partial charge in [0.15, 0.2) is 5.16 Å². The fourth-order valence-corrected chi connectivity index (χ4v) is 4.32. The minimum atomic E-state index is -0.353. The van der Waals surface area contributed by atoms with Crippen molar-refractivity contribution in [2.24, 2.45) is 0 Å². The normalized spacial score (nSPS) is 13.2. The number of carbonyl (C=O) groups excluding carboxylic acids is 1. The van der Waals surface area contributed by atoms with Gasteiger partial charge in [0.25, 0.3) is 5.56 Å². The first kappa shape index (κ1) is 21.1. The van der Waals surface area contributed by atoms with E-state index < -0.39 is 0 Å². The molecule has 0 saturated carbocycles. The van der Waals surface area contributed by atoms with Gasteiger partial charge in [0.2, 0.25) is 5.91 Å². The molecule has 0 aliphatic heterocycles. The lowest BCUT2D eigenvalue weighted by molar-refractivity contribution is -0.120. The highest BCUT2D eigenvalue weighted by Crippen LogP contribution is 2.23. The fourth-order valence-electron chi connectivity index (χ4n) is 3.32. The van der Waals surface area contributed by atoms with Gasteiger partial charge in [-0.15, -0.1) is 0 Å². The molecule has 1 heterocycles. The number of thioether (sulfide) groups is 1. The molecule has 2 aromatic carbocycles. The van der Waals surface area contributed by atoms with Crippen LogP contribution in [0.2, 0.25) is 0 Å². The van der Waals surface area contributed by atoms with Crippen molar-refractivity contribution in [3.05, 3.63) is 70.5 Å². The molecular formula is C23H27N3O2S. The third-order valence-electron chi connectivity index (χ3n) is 5.08. The summed E-state index contributed by atoms with van der Waals surface area (Å²) in [6, 6.07) is 17.6. The van der Waals surface area contributed by atoms with Crippen LogP contribution < -0.4 is 10.9 Å². The molecule has 0 saturated heterocycles. The first-order chi connectivity index (χ1) is 14.0. The van der Waals surface area contributed by atoms with Gasteiger partial charge < -0.3 is 5.32 Å². The summed E-state index contributed by atoms with van der Waals surface area (Å²) < 4.78 is 1.63. The number of hydrogen-bond donors (Lipinski definition) is 1. The summed E-state index contributed by atoms with van der Waals surface area (Å²) in [4.78, 5) is 30.1. The number of nitrogens with one attached hydrogen (secondary N) is 1. The molecule has 0 unspecified atom stereocenters. The van der Waals surface area contributed by atoms with Crippen molar-refractivity contribution >= 4 is 28.6 Å². The Hall–Kier alpha value is -2.60. The minimum Gasteiger partial charge on any atom is -0.355 e. The highest BCUT2D eigenvalue weighted by molar-refractivity contribution is 8.00. The van der Waals surface area contributed by atoms with Gasteiger partial charge in [-0.05, 0) is 38.0 Å². The molecule has 0 fully saturated rings. The Morgan fingerprint density at radius 1 is 1.10 bits per heavy atom. The predicted molar refractivity (Wildman–Crippen MR) is 119 cm³/mol. The Bertz CT molecular complexity index is 1030. The maximum absolute atomic E-state index is 12.8. The van der Waals surface area contributed by atoms with Crippen molar-refractivity contribution in [2.75, 3.05) is 6.54 Å². The van der Waals surface area contributed by atoms with Gasteiger partial charge >= 0.3 is 0 Å². The molecule has 3 aromatic rings. The molecule has 6 heteroatoms. The Morgan fingerprint density at radius 2 is 1.79 bits per heavy atom. The summed E-state index contributed by atoms with van der Waals surface area (Å²) >= 11 is 1.33. The summed E-state index contributed by atoms with van der Waals surface area (Å²) in [6.07, 6.45) is 0.952. The maximum atomic E-state index is 12.8. The van der Waals surface area contributed by atoms with Crippen LogP contribution in [0.25, 0.3) is 10.9 Å². The monoisotopic (exact) mass is 409 g/mol. The van der Waals surface area contributed by atoms with E-state index in [0.717, 1.165) is 6.42 Å². The number of aromatic nitrogens is 2. The van der Waals surface area contributed by atoms with Crippen molar-refractivity contribution in [2.45, 2.75) is 50.1 Å². The second kappa shape index (κ2) is 9.74. The molecule has 1 amide bonds. The number of carbonyl (C=O) groups is 1. The van der Waals surface area contributed by atoms with E-state index in [4.69, 9.17) is 0 Å². The standard InChI is InChI=1S/C23H27N3O2S/c1-4-17(18-11-7-6-8-12-18)15-24-21(27)16(3)29-23-25-20-14-10-9-13-19(20)22(28)26(23)5-2/h6-14,16-17H,4-5,15H2,1-3H3,(H,24,27)/t16-,17+/m0/s1. The Morgan fingerprint density at radius 3 is 2.48 bits per heavy atom. The molecule has 1 aromatic heterocycles. The third kappa shape index (κ3) is 4.88. The highest BCUT2D eigenvalue weighted by Gasteiger charge is 2.20. The largest absolute Gasteiger partial charge is 0.355 e. The molecule has 152 valence electrons. The van der Waals surface area contributed by atoms with Crippen molar-refractivity contribution in [3.63, 3.8) is 0 Å². The quantitative estimate of drug-likeness (QED) is 0.447. The van der Waals surface area contributed by atoms with Crippen LogP contribution in [0.3, 0.4) is 0 Å². The highest BCUT2D eigenvalue weighted by atomic mass is 32.2. The number of benzene rings is 2. The van der Waals surface area contributed by atoms with E-state index in [1.807, 2.05) is 50.2 Å². The molecule has 5 nitrogen and oxygen atoms in total. The summed E-state index contributed by atoms with van der Waals surface area (Å²) in [5, 5.41) is 3.89. The van der Waals surface area contributed by atoms with Crippen molar-refractivity contribution < 1.29 is 4.79 Å².